The lowest BCUT2D eigenvalue weighted by Gasteiger charge is -2.38. The van der Waals surface area contributed by atoms with E-state index in [9.17, 15) is 14.4 Å². The molecule has 3 aliphatic carbocycles. The number of rotatable bonds is 2. The van der Waals surface area contributed by atoms with Crippen molar-refractivity contribution in [3.8, 4) is 0 Å². The van der Waals surface area contributed by atoms with Crippen LogP contribution in [0.1, 0.15) is 51.4 Å². The zero-order valence-corrected chi connectivity index (χ0v) is 12.3. The van der Waals surface area contributed by atoms with Gasteiger partial charge in [-0.2, -0.15) is 0 Å². The second-order valence-electron chi connectivity index (χ2n) is 7.40. The van der Waals surface area contributed by atoms with Crippen LogP contribution in [0, 0.1) is 23.2 Å². The number of fused-ring (bicyclic) bond motifs is 2. The van der Waals surface area contributed by atoms with E-state index in [1.165, 1.54) is 24.2 Å². The van der Waals surface area contributed by atoms with Crippen molar-refractivity contribution in [3.05, 3.63) is 0 Å². The van der Waals surface area contributed by atoms with E-state index in [1.54, 1.807) is 0 Å². The van der Waals surface area contributed by atoms with E-state index in [1.807, 2.05) is 0 Å². The molecule has 4 aliphatic rings. The Morgan fingerprint density at radius 1 is 1.10 bits per heavy atom. The molecule has 0 aromatic heterocycles. The van der Waals surface area contributed by atoms with Crippen LogP contribution in [0.4, 0.5) is 4.79 Å². The summed E-state index contributed by atoms with van der Waals surface area (Å²) >= 11 is 0. The van der Waals surface area contributed by atoms with E-state index in [-0.39, 0.29) is 11.8 Å². The Kier molecular flexibility index (Phi) is 2.88. The zero-order chi connectivity index (χ0) is 14.6. The molecule has 0 aromatic carbocycles. The predicted molar refractivity (Wildman–Crippen MR) is 75.1 cm³/mol. The molecule has 1 heterocycles. The van der Waals surface area contributed by atoms with Crippen LogP contribution in [0.3, 0.4) is 0 Å². The molecule has 114 valence electrons. The molecule has 3 saturated carbocycles. The highest BCUT2D eigenvalue weighted by atomic mass is 16.2. The Morgan fingerprint density at radius 2 is 1.86 bits per heavy atom. The van der Waals surface area contributed by atoms with E-state index < -0.39 is 11.4 Å². The lowest BCUT2D eigenvalue weighted by Crippen LogP contribution is -2.63. The second kappa shape index (κ2) is 4.55. The molecule has 5 heteroatoms. The number of hydrogen-bond donors (Lipinski definition) is 1. The van der Waals surface area contributed by atoms with Gasteiger partial charge in [-0.3, -0.25) is 19.8 Å². The van der Waals surface area contributed by atoms with Gasteiger partial charge < -0.3 is 0 Å². The third kappa shape index (κ3) is 1.86. The molecule has 1 spiro atoms. The Labute approximate surface area is 124 Å². The molecule has 1 N–H and O–H groups in total. The normalized spacial score (nSPS) is 37.6. The number of urea groups is 1. The van der Waals surface area contributed by atoms with Gasteiger partial charge in [0.05, 0.1) is 0 Å². The van der Waals surface area contributed by atoms with Crippen LogP contribution in [0.2, 0.25) is 0 Å². The molecule has 4 amide bonds. The third-order valence-electron chi connectivity index (χ3n) is 6.31. The zero-order valence-electron chi connectivity index (χ0n) is 12.3. The summed E-state index contributed by atoms with van der Waals surface area (Å²) in [5.74, 6) is 1.33. The summed E-state index contributed by atoms with van der Waals surface area (Å²) in [5.41, 5.74) is -0.939. The standard InChI is InChI=1S/C16H22N2O3/c19-13-16(5-1-2-6-16)14(20)18(15(21)17-13)9-12-8-10-3-4-11(12)7-10/h10-12H,1-9H2,(H,17,19,21). The van der Waals surface area contributed by atoms with Gasteiger partial charge in [0.15, 0.2) is 0 Å². The van der Waals surface area contributed by atoms with Crippen molar-refractivity contribution in [2.75, 3.05) is 6.54 Å². The molecule has 3 atom stereocenters. The molecule has 3 unspecified atom stereocenters. The minimum absolute atomic E-state index is 0.225. The molecular formula is C16H22N2O3. The van der Waals surface area contributed by atoms with Gasteiger partial charge in [-0.05, 0) is 49.9 Å². The molecule has 0 aromatic rings. The molecule has 21 heavy (non-hydrogen) atoms. The average Bonchev–Trinajstić information content (AvgIpc) is 3.18. The Hall–Kier alpha value is -1.39. The number of amides is 4. The van der Waals surface area contributed by atoms with Gasteiger partial charge in [-0.25, -0.2) is 4.79 Å². The molecule has 2 bridgehead atoms. The highest BCUT2D eigenvalue weighted by molar-refractivity contribution is 6.19. The van der Waals surface area contributed by atoms with Gasteiger partial charge in [0.25, 0.3) is 0 Å². The van der Waals surface area contributed by atoms with Crippen molar-refractivity contribution in [1.82, 2.24) is 10.2 Å². The highest BCUT2D eigenvalue weighted by Crippen LogP contribution is 2.49. The first kappa shape index (κ1) is 13.3. The van der Waals surface area contributed by atoms with Crippen LogP contribution in [0.25, 0.3) is 0 Å². The number of nitrogens with zero attached hydrogens (tertiary/aromatic N) is 1. The Bertz CT molecular complexity index is 510. The monoisotopic (exact) mass is 290 g/mol. The van der Waals surface area contributed by atoms with Crippen LogP contribution in [0.5, 0.6) is 0 Å². The number of imide groups is 2. The number of barbiturate groups is 1. The fourth-order valence-corrected chi connectivity index (χ4v) is 5.15. The van der Waals surface area contributed by atoms with Gasteiger partial charge in [0, 0.05) is 6.54 Å². The van der Waals surface area contributed by atoms with Crippen LogP contribution in [-0.4, -0.2) is 29.3 Å². The first-order valence-corrected chi connectivity index (χ1v) is 8.27. The SMILES string of the molecule is O=C1NC(=O)C2(CCCC2)C(=O)N1CC1CC2CCC1C2. The molecule has 5 nitrogen and oxygen atoms in total. The lowest BCUT2D eigenvalue weighted by molar-refractivity contribution is -0.151. The van der Waals surface area contributed by atoms with Crippen LogP contribution >= 0.6 is 0 Å². The summed E-state index contributed by atoms with van der Waals surface area (Å²) in [4.78, 5) is 38.5. The highest BCUT2D eigenvalue weighted by Gasteiger charge is 2.55. The number of nitrogens with one attached hydrogen (secondary N) is 1. The number of hydrogen-bond acceptors (Lipinski definition) is 3. The summed E-state index contributed by atoms with van der Waals surface area (Å²) in [6, 6.07) is -0.495. The predicted octanol–water partition coefficient (Wildman–Crippen LogP) is 2.06. The lowest BCUT2D eigenvalue weighted by atomic mass is 9.81. The summed E-state index contributed by atoms with van der Waals surface area (Å²) in [7, 11) is 0. The molecule has 4 fully saturated rings. The fraction of sp³-hybridized carbons (Fsp3) is 0.812. The van der Waals surface area contributed by atoms with Crippen molar-refractivity contribution in [1.29, 1.82) is 0 Å². The average molecular weight is 290 g/mol. The number of carbonyl (C=O) groups is 3. The topological polar surface area (TPSA) is 66.5 Å². The van der Waals surface area contributed by atoms with Gasteiger partial charge in [-0.15, -0.1) is 0 Å². The van der Waals surface area contributed by atoms with Crippen LogP contribution in [-0.2, 0) is 9.59 Å². The van der Waals surface area contributed by atoms with Crippen molar-refractivity contribution in [3.63, 3.8) is 0 Å². The Morgan fingerprint density at radius 3 is 2.48 bits per heavy atom. The van der Waals surface area contributed by atoms with E-state index in [0.717, 1.165) is 25.2 Å². The molecule has 1 aliphatic heterocycles. The smallest absolute Gasteiger partial charge is 0.277 e. The maximum Gasteiger partial charge on any atom is 0.330 e. The van der Waals surface area contributed by atoms with Crippen LogP contribution < -0.4 is 5.32 Å². The second-order valence-corrected chi connectivity index (χ2v) is 7.40. The summed E-state index contributed by atoms with van der Waals surface area (Å²) in [6.07, 6.45) is 7.94. The van der Waals surface area contributed by atoms with Gasteiger partial charge in [0.1, 0.15) is 5.41 Å². The third-order valence-corrected chi connectivity index (χ3v) is 6.31. The van der Waals surface area contributed by atoms with E-state index >= 15 is 0 Å². The van der Waals surface area contributed by atoms with Gasteiger partial charge in [0.2, 0.25) is 11.8 Å². The quantitative estimate of drug-likeness (QED) is 0.792. The minimum atomic E-state index is -0.939. The first-order chi connectivity index (χ1) is 10.1. The largest absolute Gasteiger partial charge is 0.330 e. The summed E-state index contributed by atoms with van der Waals surface area (Å²) in [5, 5.41) is 2.44. The van der Waals surface area contributed by atoms with Crippen molar-refractivity contribution in [2.45, 2.75) is 51.4 Å². The molecule has 1 saturated heterocycles. The van der Waals surface area contributed by atoms with Crippen molar-refractivity contribution in [2.24, 2.45) is 23.2 Å². The van der Waals surface area contributed by atoms with E-state index in [4.69, 9.17) is 0 Å². The fourth-order valence-electron chi connectivity index (χ4n) is 5.15. The molecule has 4 rings (SSSR count). The minimum Gasteiger partial charge on any atom is -0.277 e. The van der Waals surface area contributed by atoms with Gasteiger partial charge >= 0.3 is 6.03 Å². The first-order valence-electron chi connectivity index (χ1n) is 8.27. The molecule has 0 radical (unpaired) electrons. The van der Waals surface area contributed by atoms with E-state index in [0.29, 0.717) is 31.2 Å². The molecular weight excluding hydrogens is 268 g/mol. The van der Waals surface area contributed by atoms with Gasteiger partial charge in [-0.1, -0.05) is 19.3 Å². The van der Waals surface area contributed by atoms with Crippen molar-refractivity contribution >= 4 is 17.8 Å². The van der Waals surface area contributed by atoms with E-state index in [2.05, 4.69) is 5.32 Å². The Balaban J connectivity index is 1.55. The van der Waals surface area contributed by atoms with Crippen molar-refractivity contribution < 1.29 is 14.4 Å². The number of carbonyl (C=O) groups excluding carboxylic acids is 3. The van der Waals surface area contributed by atoms with Crippen LogP contribution in [0.15, 0.2) is 0 Å². The maximum absolute atomic E-state index is 12.8. The maximum atomic E-state index is 12.8. The summed E-state index contributed by atoms with van der Waals surface area (Å²) < 4.78 is 0. The summed E-state index contributed by atoms with van der Waals surface area (Å²) in [6.45, 7) is 0.515.